The van der Waals surface area contributed by atoms with Crippen molar-refractivity contribution in [3.63, 3.8) is 0 Å². The Morgan fingerprint density at radius 3 is 2.56 bits per heavy atom. The summed E-state index contributed by atoms with van der Waals surface area (Å²) in [4.78, 5) is 0. The number of rotatable bonds is 2. The second-order valence-corrected chi connectivity index (χ2v) is 5.18. The first kappa shape index (κ1) is 11.5. The fraction of sp³-hybridized carbons (Fsp3) is 0.375. The summed E-state index contributed by atoms with van der Waals surface area (Å²) in [5, 5.41) is 3.44. The van der Waals surface area contributed by atoms with Crippen molar-refractivity contribution in [2.45, 2.75) is 25.7 Å². The van der Waals surface area contributed by atoms with Gasteiger partial charge in [-0.2, -0.15) is 0 Å². The lowest BCUT2D eigenvalue weighted by Crippen LogP contribution is -2.27. The first-order valence-electron chi connectivity index (χ1n) is 6.79. The fourth-order valence-electron chi connectivity index (χ4n) is 2.85. The third-order valence-corrected chi connectivity index (χ3v) is 3.85. The molecule has 0 atom stereocenters. The monoisotopic (exact) mass is 240 g/mol. The van der Waals surface area contributed by atoms with Crippen molar-refractivity contribution in [1.82, 2.24) is 9.88 Å². The van der Waals surface area contributed by atoms with Gasteiger partial charge in [0.1, 0.15) is 0 Å². The molecule has 1 aromatic carbocycles. The Kier molecular flexibility index (Phi) is 3.20. The molecule has 2 heterocycles. The minimum atomic E-state index is 0.698. The number of piperidine rings is 1. The molecule has 1 fully saturated rings. The molecule has 0 radical (unpaired) electrons. The zero-order chi connectivity index (χ0) is 12.4. The van der Waals surface area contributed by atoms with Crippen LogP contribution in [0.2, 0.25) is 0 Å². The molecule has 18 heavy (non-hydrogen) atoms. The van der Waals surface area contributed by atoms with Crippen molar-refractivity contribution in [2.75, 3.05) is 13.1 Å². The molecule has 2 nitrogen and oxygen atoms in total. The van der Waals surface area contributed by atoms with E-state index in [9.17, 15) is 0 Å². The van der Waals surface area contributed by atoms with E-state index in [1.165, 1.54) is 29.7 Å². The highest BCUT2D eigenvalue weighted by molar-refractivity contribution is 5.46. The Bertz CT molecular complexity index is 508. The van der Waals surface area contributed by atoms with Gasteiger partial charge in [-0.3, -0.25) is 0 Å². The van der Waals surface area contributed by atoms with Crippen LogP contribution in [0.5, 0.6) is 0 Å². The van der Waals surface area contributed by atoms with E-state index < -0.39 is 0 Å². The molecule has 1 N–H and O–H groups in total. The van der Waals surface area contributed by atoms with Gasteiger partial charge in [0.05, 0.1) is 0 Å². The molecular weight excluding hydrogens is 220 g/mol. The van der Waals surface area contributed by atoms with Crippen LogP contribution in [0.4, 0.5) is 0 Å². The van der Waals surface area contributed by atoms with Crippen molar-refractivity contribution >= 4 is 0 Å². The van der Waals surface area contributed by atoms with Crippen LogP contribution >= 0.6 is 0 Å². The summed E-state index contributed by atoms with van der Waals surface area (Å²) >= 11 is 0. The van der Waals surface area contributed by atoms with Crippen LogP contribution in [0, 0.1) is 6.92 Å². The van der Waals surface area contributed by atoms with Crippen molar-refractivity contribution in [3.8, 4) is 5.69 Å². The van der Waals surface area contributed by atoms with Crippen LogP contribution in [0.1, 0.15) is 29.9 Å². The van der Waals surface area contributed by atoms with Gasteiger partial charge in [0.15, 0.2) is 0 Å². The van der Waals surface area contributed by atoms with E-state index in [1.54, 1.807) is 0 Å². The topological polar surface area (TPSA) is 17.0 Å². The van der Waals surface area contributed by atoms with Crippen LogP contribution in [-0.2, 0) is 0 Å². The van der Waals surface area contributed by atoms with Gasteiger partial charge in [-0.1, -0.05) is 12.1 Å². The number of nitrogens with one attached hydrogen (secondary N) is 1. The van der Waals surface area contributed by atoms with Crippen molar-refractivity contribution in [1.29, 1.82) is 0 Å². The van der Waals surface area contributed by atoms with E-state index in [0.29, 0.717) is 5.92 Å². The quantitative estimate of drug-likeness (QED) is 0.852. The summed E-state index contributed by atoms with van der Waals surface area (Å²) in [6, 6.07) is 11.0. The molecule has 1 aliphatic heterocycles. The number of nitrogens with zero attached hydrogens (tertiary/aromatic N) is 1. The highest BCUT2D eigenvalue weighted by Gasteiger charge is 2.18. The van der Waals surface area contributed by atoms with Gasteiger partial charge >= 0.3 is 0 Å². The fourth-order valence-corrected chi connectivity index (χ4v) is 2.85. The molecular formula is C16H20N2. The van der Waals surface area contributed by atoms with E-state index in [4.69, 9.17) is 0 Å². The number of aryl methyl sites for hydroxylation is 1. The molecule has 94 valence electrons. The highest BCUT2D eigenvalue weighted by Crippen LogP contribution is 2.30. The summed E-state index contributed by atoms with van der Waals surface area (Å²) in [7, 11) is 0. The lowest BCUT2D eigenvalue weighted by molar-refractivity contribution is 0.459. The van der Waals surface area contributed by atoms with Crippen molar-refractivity contribution in [3.05, 3.63) is 53.9 Å². The molecule has 0 unspecified atom stereocenters. The molecule has 0 saturated carbocycles. The number of benzene rings is 1. The number of aromatic nitrogens is 1. The van der Waals surface area contributed by atoms with Crippen LogP contribution in [0.15, 0.2) is 42.7 Å². The normalized spacial score (nSPS) is 16.9. The van der Waals surface area contributed by atoms with E-state index >= 15 is 0 Å². The minimum Gasteiger partial charge on any atom is -0.324 e. The van der Waals surface area contributed by atoms with Crippen molar-refractivity contribution < 1.29 is 0 Å². The second-order valence-electron chi connectivity index (χ2n) is 5.18. The van der Waals surface area contributed by atoms with Gasteiger partial charge in [0.2, 0.25) is 0 Å². The Morgan fingerprint density at radius 1 is 1.11 bits per heavy atom. The molecule has 0 amide bonds. The maximum atomic E-state index is 3.44. The third kappa shape index (κ3) is 2.21. The maximum absolute atomic E-state index is 3.44. The molecule has 0 spiro atoms. The lowest BCUT2D eigenvalue weighted by atomic mass is 9.88. The SMILES string of the molecule is Cc1ccc(C2CCNCC2)c(-n2cccc2)c1. The Labute approximate surface area is 109 Å². The van der Waals surface area contributed by atoms with E-state index in [1.807, 2.05) is 0 Å². The molecule has 1 aromatic heterocycles. The Hall–Kier alpha value is -1.54. The molecule has 1 saturated heterocycles. The largest absolute Gasteiger partial charge is 0.324 e. The van der Waals surface area contributed by atoms with Crippen LogP contribution in [0.3, 0.4) is 0 Å². The van der Waals surface area contributed by atoms with E-state index in [-0.39, 0.29) is 0 Å². The Balaban J connectivity index is 2.02. The van der Waals surface area contributed by atoms with Crippen LogP contribution in [-0.4, -0.2) is 17.7 Å². The number of hydrogen-bond acceptors (Lipinski definition) is 1. The number of hydrogen-bond donors (Lipinski definition) is 1. The summed E-state index contributed by atoms with van der Waals surface area (Å²) in [6.45, 7) is 4.45. The molecule has 2 aromatic rings. The van der Waals surface area contributed by atoms with Crippen LogP contribution in [0.25, 0.3) is 5.69 Å². The van der Waals surface area contributed by atoms with Gasteiger partial charge < -0.3 is 9.88 Å². The summed E-state index contributed by atoms with van der Waals surface area (Å²) < 4.78 is 2.24. The van der Waals surface area contributed by atoms with E-state index in [2.05, 4.69) is 59.5 Å². The molecule has 0 aliphatic carbocycles. The summed E-state index contributed by atoms with van der Waals surface area (Å²) in [6.07, 6.45) is 6.77. The lowest BCUT2D eigenvalue weighted by Gasteiger charge is -2.25. The smallest absolute Gasteiger partial charge is 0.0486 e. The Morgan fingerprint density at radius 2 is 1.83 bits per heavy atom. The minimum absolute atomic E-state index is 0.698. The third-order valence-electron chi connectivity index (χ3n) is 3.85. The predicted molar refractivity (Wildman–Crippen MR) is 75.4 cm³/mol. The standard InChI is InChI=1S/C16H20N2/c1-13-4-5-15(14-6-8-17-9-7-14)16(12-13)18-10-2-3-11-18/h2-5,10-12,14,17H,6-9H2,1H3. The van der Waals surface area contributed by atoms with Crippen molar-refractivity contribution in [2.24, 2.45) is 0 Å². The zero-order valence-corrected chi connectivity index (χ0v) is 10.9. The molecule has 0 bridgehead atoms. The predicted octanol–water partition coefficient (Wildman–Crippen LogP) is 3.25. The summed E-state index contributed by atoms with van der Waals surface area (Å²) in [5.74, 6) is 0.698. The first-order chi connectivity index (χ1) is 8.84. The average Bonchev–Trinajstić information content (AvgIpc) is 2.93. The summed E-state index contributed by atoms with van der Waals surface area (Å²) in [5.41, 5.74) is 4.18. The van der Waals surface area contributed by atoms with Crippen LogP contribution < -0.4 is 5.32 Å². The van der Waals surface area contributed by atoms with Gasteiger partial charge in [0.25, 0.3) is 0 Å². The second kappa shape index (κ2) is 4.99. The van der Waals surface area contributed by atoms with Gasteiger partial charge in [0, 0.05) is 18.1 Å². The highest BCUT2D eigenvalue weighted by atomic mass is 14.9. The zero-order valence-electron chi connectivity index (χ0n) is 10.9. The van der Waals surface area contributed by atoms with Gasteiger partial charge in [-0.15, -0.1) is 0 Å². The van der Waals surface area contributed by atoms with Gasteiger partial charge in [-0.05, 0) is 68.1 Å². The average molecular weight is 240 g/mol. The van der Waals surface area contributed by atoms with Gasteiger partial charge in [-0.25, -0.2) is 0 Å². The first-order valence-corrected chi connectivity index (χ1v) is 6.79. The van der Waals surface area contributed by atoms with E-state index in [0.717, 1.165) is 13.1 Å². The molecule has 3 rings (SSSR count). The molecule has 1 aliphatic rings. The molecule has 2 heteroatoms. The maximum Gasteiger partial charge on any atom is 0.0486 e.